The quantitative estimate of drug-likeness (QED) is 0.350. The van der Waals surface area contributed by atoms with E-state index < -0.39 is 12.2 Å². The molecule has 4 atom stereocenters. The molecule has 0 saturated carbocycles. The highest BCUT2D eigenvalue weighted by atomic mass is 19.1. The van der Waals surface area contributed by atoms with Gasteiger partial charge in [0.05, 0.1) is 12.2 Å². The summed E-state index contributed by atoms with van der Waals surface area (Å²) in [6, 6.07) is 12.4. The Bertz CT molecular complexity index is 846. The summed E-state index contributed by atoms with van der Waals surface area (Å²) in [7, 11) is 0. The third-order valence-corrected chi connectivity index (χ3v) is 8.61. The van der Waals surface area contributed by atoms with E-state index in [0.717, 1.165) is 63.2 Å². The van der Waals surface area contributed by atoms with Crippen molar-refractivity contribution in [3.63, 3.8) is 0 Å². The molecular formula is C32H46F2N2O2. The zero-order valence-corrected chi connectivity index (χ0v) is 22.8. The molecule has 0 bridgehead atoms. The van der Waals surface area contributed by atoms with Gasteiger partial charge in [0, 0.05) is 24.9 Å². The minimum absolute atomic E-state index is 0.0226. The average Bonchev–Trinajstić information content (AvgIpc) is 3.35. The Balaban J connectivity index is 1.51. The number of aliphatic hydroxyl groups is 2. The van der Waals surface area contributed by atoms with Crippen LogP contribution in [0.4, 0.5) is 8.78 Å². The number of nitrogens with zero attached hydrogens (tertiary/aromatic N) is 2. The van der Waals surface area contributed by atoms with Gasteiger partial charge < -0.3 is 20.0 Å². The standard InChI is InChI=1S/C32H46F2N2O2/c33-29-15-11-25(12-16-29)31(37)27(23-35-19-5-1-2-6-20-35)9-10-28(24-36-21-7-3-4-8-22-36)32(38)26-13-17-30(34)18-14-26/h11-18,27-28,31-32,37-38H,1-10,19-24H2/t27-,28-,31-,32-/m1/s1. The number of hydrogen-bond donors (Lipinski definition) is 2. The lowest BCUT2D eigenvalue weighted by Gasteiger charge is -2.33. The second-order valence-electron chi connectivity index (χ2n) is 11.5. The zero-order chi connectivity index (χ0) is 26.7. The molecule has 6 heteroatoms. The zero-order valence-electron chi connectivity index (χ0n) is 22.8. The van der Waals surface area contributed by atoms with Crippen molar-refractivity contribution >= 4 is 0 Å². The summed E-state index contributed by atoms with van der Waals surface area (Å²) in [6.07, 6.45) is 9.86. The minimum Gasteiger partial charge on any atom is -0.388 e. The highest BCUT2D eigenvalue weighted by molar-refractivity contribution is 5.20. The van der Waals surface area contributed by atoms with E-state index in [2.05, 4.69) is 9.80 Å². The molecule has 2 aromatic rings. The molecule has 4 nitrogen and oxygen atoms in total. The van der Waals surface area contributed by atoms with Crippen molar-refractivity contribution in [2.75, 3.05) is 39.3 Å². The predicted octanol–water partition coefficient (Wildman–Crippen LogP) is 6.50. The third kappa shape index (κ3) is 8.84. The molecule has 2 aliphatic rings. The number of hydrogen-bond acceptors (Lipinski definition) is 4. The lowest BCUT2D eigenvalue weighted by molar-refractivity contribution is 0.0449. The van der Waals surface area contributed by atoms with Crippen molar-refractivity contribution in [3.8, 4) is 0 Å². The van der Waals surface area contributed by atoms with Crippen LogP contribution in [0.3, 0.4) is 0 Å². The van der Waals surface area contributed by atoms with Gasteiger partial charge in [-0.15, -0.1) is 0 Å². The van der Waals surface area contributed by atoms with E-state index in [1.807, 2.05) is 0 Å². The van der Waals surface area contributed by atoms with E-state index in [1.54, 1.807) is 24.3 Å². The van der Waals surface area contributed by atoms with Crippen LogP contribution in [0.5, 0.6) is 0 Å². The molecule has 0 aromatic heterocycles. The summed E-state index contributed by atoms with van der Waals surface area (Å²) >= 11 is 0. The largest absolute Gasteiger partial charge is 0.388 e. The van der Waals surface area contributed by atoms with Crippen LogP contribution >= 0.6 is 0 Å². The first-order chi connectivity index (χ1) is 18.5. The van der Waals surface area contributed by atoms with Crippen molar-refractivity contribution in [2.24, 2.45) is 11.8 Å². The van der Waals surface area contributed by atoms with Gasteiger partial charge in [-0.25, -0.2) is 8.78 Å². The van der Waals surface area contributed by atoms with E-state index in [0.29, 0.717) is 0 Å². The van der Waals surface area contributed by atoms with Crippen LogP contribution in [0.15, 0.2) is 48.5 Å². The third-order valence-electron chi connectivity index (χ3n) is 8.61. The van der Waals surface area contributed by atoms with Gasteiger partial charge in [0.15, 0.2) is 0 Å². The summed E-state index contributed by atoms with van der Waals surface area (Å²) in [4.78, 5) is 4.95. The Morgan fingerprint density at radius 3 is 1.16 bits per heavy atom. The van der Waals surface area contributed by atoms with E-state index in [1.165, 1.54) is 75.6 Å². The molecule has 0 aliphatic carbocycles. The first-order valence-corrected chi connectivity index (χ1v) is 14.8. The van der Waals surface area contributed by atoms with Crippen LogP contribution in [0, 0.1) is 23.5 Å². The molecule has 2 saturated heterocycles. The molecule has 4 rings (SSSR count). The Morgan fingerprint density at radius 1 is 0.526 bits per heavy atom. The summed E-state index contributed by atoms with van der Waals surface area (Å²) in [6.45, 7) is 5.76. The van der Waals surface area contributed by atoms with Gasteiger partial charge in [-0.3, -0.25) is 0 Å². The molecule has 0 spiro atoms. The summed E-state index contributed by atoms with van der Waals surface area (Å²) in [5, 5.41) is 22.9. The fourth-order valence-corrected chi connectivity index (χ4v) is 6.29. The molecule has 2 aromatic carbocycles. The Morgan fingerprint density at radius 2 is 0.842 bits per heavy atom. The number of benzene rings is 2. The fourth-order valence-electron chi connectivity index (χ4n) is 6.29. The maximum atomic E-state index is 13.6. The van der Waals surface area contributed by atoms with Crippen molar-refractivity contribution in [2.45, 2.75) is 76.4 Å². The van der Waals surface area contributed by atoms with Crippen molar-refractivity contribution in [1.29, 1.82) is 0 Å². The molecular weight excluding hydrogens is 482 g/mol. The number of aliphatic hydroxyl groups excluding tert-OH is 2. The molecule has 0 amide bonds. The van der Waals surface area contributed by atoms with Crippen LogP contribution in [-0.4, -0.2) is 59.3 Å². The van der Waals surface area contributed by atoms with E-state index in [-0.39, 0.29) is 23.5 Å². The van der Waals surface area contributed by atoms with Crippen molar-refractivity contribution < 1.29 is 19.0 Å². The maximum absolute atomic E-state index is 13.6. The lowest BCUT2D eigenvalue weighted by atomic mass is 9.84. The molecule has 0 unspecified atom stereocenters. The van der Waals surface area contributed by atoms with Crippen LogP contribution in [0.2, 0.25) is 0 Å². The van der Waals surface area contributed by atoms with Crippen molar-refractivity contribution in [3.05, 3.63) is 71.3 Å². The van der Waals surface area contributed by atoms with Gasteiger partial charge in [-0.05, 0) is 100 Å². The Labute approximate surface area is 227 Å². The monoisotopic (exact) mass is 528 g/mol. The molecule has 0 radical (unpaired) electrons. The molecule has 2 heterocycles. The predicted molar refractivity (Wildman–Crippen MR) is 149 cm³/mol. The second kappa shape index (κ2) is 15.1. The summed E-state index contributed by atoms with van der Waals surface area (Å²) in [5.41, 5.74) is 1.49. The number of halogens is 2. The van der Waals surface area contributed by atoms with Gasteiger partial charge in [0.25, 0.3) is 0 Å². The van der Waals surface area contributed by atoms with Crippen LogP contribution < -0.4 is 0 Å². The lowest BCUT2D eigenvalue weighted by Crippen LogP contribution is -2.36. The molecule has 2 N–H and O–H groups in total. The van der Waals surface area contributed by atoms with E-state index in [4.69, 9.17) is 0 Å². The number of likely N-dealkylation sites (tertiary alicyclic amines) is 2. The molecule has 38 heavy (non-hydrogen) atoms. The normalized spacial score (nSPS) is 21.3. The fraction of sp³-hybridized carbons (Fsp3) is 0.625. The van der Waals surface area contributed by atoms with Gasteiger partial charge in [0.1, 0.15) is 11.6 Å². The minimum atomic E-state index is -0.694. The van der Waals surface area contributed by atoms with E-state index >= 15 is 0 Å². The van der Waals surface area contributed by atoms with Crippen LogP contribution in [0.1, 0.15) is 87.5 Å². The number of rotatable bonds is 11. The second-order valence-corrected chi connectivity index (χ2v) is 11.5. The van der Waals surface area contributed by atoms with E-state index in [9.17, 15) is 19.0 Å². The van der Waals surface area contributed by atoms with Crippen molar-refractivity contribution in [1.82, 2.24) is 9.80 Å². The Hall–Kier alpha value is -1.86. The maximum Gasteiger partial charge on any atom is 0.123 e. The highest BCUT2D eigenvalue weighted by Crippen LogP contribution is 2.34. The van der Waals surface area contributed by atoms with Gasteiger partial charge in [-0.1, -0.05) is 49.9 Å². The molecule has 210 valence electrons. The Kier molecular flexibility index (Phi) is 11.5. The van der Waals surface area contributed by atoms with Gasteiger partial charge >= 0.3 is 0 Å². The smallest absolute Gasteiger partial charge is 0.123 e. The van der Waals surface area contributed by atoms with Crippen LogP contribution in [-0.2, 0) is 0 Å². The van der Waals surface area contributed by atoms with Crippen LogP contribution in [0.25, 0.3) is 0 Å². The summed E-state index contributed by atoms with van der Waals surface area (Å²) < 4.78 is 27.2. The SMILES string of the molecule is O[C@H](c1ccc(F)cc1)[C@H](CC[C@H](CN1CCCCCC1)[C@H](O)c1ccc(F)cc1)CN1CCCCCC1. The first kappa shape index (κ1) is 29.1. The van der Waals surface area contributed by atoms with Gasteiger partial charge in [0.2, 0.25) is 0 Å². The first-order valence-electron chi connectivity index (χ1n) is 14.8. The van der Waals surface area contributed by atoms with Gasteiger partial charge in [-0.2, -0.15) is 0 Å². The highest BCUT2D eigenvalue weighted by Gasteiger charge is 2.29. The average molecular weight is 529 g/mol. The summed E-state index contributed by atoms with van der Waals surface area (Å²) in [5.74, 6) is -0.647. The topological polar surface area (TPSA) is 46.9 Å². The molecule has 2 aliphatic heterocycles. The molecule has 2 fully saturated rings.